The van der Waals surface area contributed by atoms with Crippen molar-refractivity contribution in [3.8, 4) is 51.0 Å². The van der Waals surface area contributed by atoms with Gasteiger partial charge >= 0.3 is 0 Å². The molecule has 0 aliphatic heterocycles. The van der Waals surface area contributed by atoms with Crippen LogP contribution in [0.25, 0.3) is 93.0 Å². The zero-order chi connectivity index (χ0) is 33.9. The molecular weight excluding hydrogens is 641 g/mol. The molecule has 0 saturated heterocycles. The van der Waals surface area contributed by atoms with Gasteiger partial charge in [0.05, 0.1) is 16.7 Å². The van der Waals surface area contributed by atoms with Gasteiger partial charge in [-0.15, -0.1) is 11.3 Å². The lowest BCUT2D eigenvalue weighted by Crippen LogP contribution is -2.04. The van der Waals surface area contributed by atoms with Crippen LogP contribution in [-0.2, 0) is 0 Å². The van der Waals surface area contributed by atoms with Crippen LogP contribution in [0.1, 0.15) is 5.56 Å². The van der Waals surface area contributed by atoms with Crippen molar-refractivity contribution in [1.82, 2.24) is 19.5 Å². The number of fused-ring (bicyclic) bond motifs is 6. The molecule has 0 atom stereocenters. The number of aromatic nitrogens is 4. The van der Waals surface area contributed by atoms with Crippen molar-refractivity contribution < 1.29 is 0 Å². The Kier molecular flexibility index (Phi) is 6.86. The number of thiophene rings is 1. The summed E-state index contributed by atoms with van der Waals surface area (Å²) in [6, 6.07) is 57.8. The molecule has 0 bridgehead atoms. The van der Waals surface area contributed by atoms with Crippen molar-refractivity contribution in [1.29, 1.82) is 0 Å². The van der Waals surface area contributed by atoms with Crippen LogP contribution >= 0.6 is 11.3 Å². The summed E-state index contributed by atoms with van der Waals surface area (Å²) in [5.41, 5.74) is 9.66. The highest BCUT2D eigenvalue weighted by Crippen LogP contribution is 2.43. The Morgan fingerprint density at radius 2 is 1.06 bits per heavy atom. The third-order valence-corrected chi connectivity index (χ3v) is 10.9. The molecule has 4 nitrogen and oxygen atoms in total. The van der Waals surface area contributed by atoms with Crippen molar-refractivity contribution in [2.75, 3.05) is 0 Å². The molecule has 0 N–H and O–H groups in total. The molecule has 10 rings (SSSR count). The van der Waals surface area contributed by atoms with E-state index in [0.717, 1.165) is 39.0 Å². The largest absolute Gasteiger partial charge is 0.309 e. The van der Waals surface area contributed by atoms with E-state index in [2.05, 4.69) is 139 Å². The number of para-hydroxylation sites is 1. The van der Waals surface area contributed by atoms with Crippen LogP contribution in [-0.4, -0.2) is 19.5 Å². The fourth-order valence-electron chi connectivity index (χ4n) is 7.33. The predicted molar refractivity (Wildman–Crippen MR) is 214 cm³/mol. The smallest absolute Gasteiger partial charge is 0.166 e. The Morgan fingerprint density at radius 3 is 1.82 bits per heavy atom. The minimum atomic E-state index is 0.626. The molecule has 0 unspecified atom stereocenters. The maximum Gasteiger partial charge on any atom is 0.166 e. The lowest BCUT2D eigenvalue weighted by Gasteiger charge is -2.16. The summed E-state index contributed by atoms with van der Waals surface area (Å²) in [6.07, 6.45) is 0. The summed E-state index contributed by atoms with van der Waals surface area (Å²) < 4.78 is 4.93. The molecule has 10 aromatic rings. The zero-order valence-electron chi connectivity index (χ0n) is 27.8. The monoisotopic (exact) mass is 670 g/mol. The normalized spacial score (nSPS) is 11.6. The van der Waals surface area contributed by atoms with Gasteiger partial charge in [0, 0.05) is 47.6 Å². The van der Waals surface area contributed by atoms with Crippen LogP contribution in [0.5, 0.6) is 0 Å². The van der Waals surface area contributed by atoms with Gasteiger partial charge in [-0.3, -0.25) is 0 Å². The first-order valence-electron chi connectivity index (χ1n) is 17.1. The van der Waals surface area contributed by atoms with Crippen molar-refractivity contribution >= 4 is 53.3 Å². The Labute approximate surface area is 299 Å². The molecule has 240 valence electrons. The minimum Gasteiger partial charge on any atom is -0.309 e. The number of hydrogen-bond donors (Lipinski definition) is 0. The summed E-state index contributed by atoms with van der Waals surface area (Å²) in [5, 5.41) is 5.00. The molecule has 7 aromatic carbocycles. The van der Waals surface area contributed by atoms with Crippen LogP contribution < -0.4 is 0 Å². The van der Waals surface area contributed by atoms with E-state index in [0.29, 0.717) is 17.5 Å². The third-order valence-electron chi connectivity index (χ3n) is 9.72. The summed E-state index contributed by atoms with van der Waals surface area (Å²) >= 11 is 1.84. The summed E-state index contributed by atoms with van der Waals surface area (Å²) in [7, 11) is 0. The molecule has 3 aromatic heterocycles. The Balaban J connectivity index is 1.30. The van der Waals surface area contributed by atoms with Crippen LogP contribution in [0.3, 0.4) is 0 Å². The highest BCUT2D eigenvalue weighted by molar-refractivity contribution is 7.26. The Morgan fingerprint density at radius 1 is 0.431 bits per heavy atom. The number of nitrogens with zero attached hydrogens (tertiary/aromatic N) is 4. The first kappa shape index (κ1) is 29.5. The second-order valence-electron chi connectivity index (χ2n) is 12.9. The van der Waals surface area contributed by atoms with E-state index < -0.39 is 0 Å². The fraction of sp³-hybridized carbons (Fsp3) is 0.0217. The number of hydrogen-bond acceptors (Lipinski definition) is 4. The van der Waals surface area contributed by atoms with E-state index in [1.54, 1.807) is 0 Å². The van der Waals surface area contributed by atoms with Crippen LogP contribution in [0.4, 0.5) is 0 Å². The third kappa shape index (κ3) is 4.93. The van der Waals surface area contributed by atoms with Gasteiger partial charge in [0.2, 0.25) is 0 Å². The second-order valence-corrected chi connectivity index (χ2v) is 14.0. The summed E-state index contributed by atoms with van der Waals surface area (Å²) in [6.45, 7) is 2.15. The van der Waals surface area contributed by atoms with E-state index in [4.69, 9.17) is 15.0 Å². The van der Waals surface area contributed by atoms with Gasteiger partial charge in [-0.25, -0.2) is 15.0 Å². The summed E-state index contributed by atoms with van der Waals surface area (Å²) in [5.74, 6) is 1.90. The molecule has 5 heteroatoms. The van der Waals surface area contributed by atoms with Crippen LogP contribution in [0, 0.1) is 6.92 Å². The number of benzene rings is 7. The predicted octanol–water partition coefficient (Wildman–Crippen LogP) is 12.3. The topological polar surface area (TPSA) is 43.6 Å². The Bertz CT molecular complexity index is 2870. The average molecular weight is 671 g/mol. The number of rotatable bonds is 5. The summed E-state index contributed by atoms with van der Waals surface area (Å²) in [4.78, 5) is 15.5. The van der Waals surface area contributed by atoms with E-state index >= 15 is 0 Å². The Hall–Kier alpha value is -6.43. The zero-order valence-corrected chi connectivity index (χ0v) is 28.6. The van der Waals surface area contributed by atoms with E-state index in [-0.39, 0.29) is 0 Å². The van der Waals surface area contributed by atoms with Crippen molar-refractivity contribution in [2.24, 2.45) is 0 Å². The molecule has 0 aliphatic carbocycles. The lowest BCUT2D eigenvalue weighted by atomic mass is 9.99. The molecule has 0 fully saturated rings. The first-order valence-corrected chi connectivity index (χ1v) is 17.9. The molecule has 0 amide bonds. The van der Waals surface area contributed by atoms with Gasteiger partial charge in [-0.2, -0.15) is 0 Å². The van der Waals surface area contributed by atoms with E-state index in [9.17, 15) is 0 Å². The second kappa shape index (κ2) is 11.9. The highest BCUT2D eigenvalue weighted by atomic mass is 32.1. The van der Waals surface area contributed by atoms with Crippen molar-refractivity contribution in [3.05, 3.63) is 169 Å². The van der Waals surface area contributed by atoms with Gasteiger partial charge < -0.3 is 4.57 Å². The molecule has 0 spiro atoms. The highest BCUT2D eigenvalue weighted by Gasteiger charge is 2.21. The van der Waals surface area contributed by atoms with Crippen molar-refractivity contribution in [2.45, 2.75) is 6.92 Å². The molecular formula is C46H30N4S. The van der Waals surface area contributed by atoms with Crippen LogP contribution in [0.2, 0.25) is 0 Å². The first-order chi connectivity index (χ1) is 25.2. The molecule has 51 heavy (non-hydrogen) atoms. The van der Waals surface area contributed by atoms with E-state index in [1.807, 2.05) is 47.7 Å². The van der Waals surface area contributed by atoms with Gasteiger partial charge in [0.1, 0.15) is 0 Å². The average Bonchev–Trinajstić information content (AvgIpc) is 3.74. The lowest BCUT2D eigenvalue weighted by molar-refractivity contribution is 1.06. The maximum absolute atomic E-state index is 5.24. The quantitative estimate of drug-likeness (QED) is 0.183. The van der Waals surface area contributed by atoms with Crippen molar-refractivity contribution in [3.63, 3.8) is 0 Å². The fourth-order valence-corrected chi connectivity index (χ4v) is 8.57. The van der Waals surface area contributed by atoms with Gasteiger partial charge in [0.15, 0.2) is 17.5 Å². The SMILES string of the molecule is Cc1ccc2c(c1)c1ccccc1n2-c1ccc(-c2cccc3c2sc2ccccc23)cc1-c1nc(-c2ccccc2)nc(-c2ccccc2)n1. The molecule has 0 radical (unpaired) electrons. The molecule has 0 saturated carbocycles. The molecule has 0 aliphatic rings. The molecule has 3 heterocycles. The number of aryl methyl sites for hydroxylation is 1. The van der Waals surface area contributed by atoms with Gasteiger partial charge in [-0.1, -0.05) is 133 Å². The maximum atomic E-state index is 5.24. The standard InChI is InChI=1S/C46H30N4S/c1-29-23-25-40-37(27-29)34-17-8-10-21-39(34)50(40)41-26-24-32(33-19-12-20-36-35-18-9-11-22-42(35)51-43(33)36)28-38(41)46-48-44(30-13-4-2-5-14-30)47-45(49-46)31-15-6-3-7-16-31/h2-28H,1H3. The van der Waals surface area contributed by atoms with Gasteiger partial charge in [-0.05, 0) is 54.4 Å². The van der Waals surface area contributed by atoms with Gasteiger partial charge in [0.25, 0.3) is 0 Å². The minimum absolute atomic E-state index is 0.626. The van der Waals surface area contributed by atoms with E-state index in [1.165, 1.54) is 42.1 Å². The van der Waals surface area contributed by atoms with Crippen LogP contribution in [0.15, 0.2) is 164 Å².